The SMILES string of the molecule is Cc1cc(Br)cc(C(=O)N(C)C2CCN(C(C)C)CC2)c1. The predicted octanol–water partition coefficient (Wildman–Crippen LogP) is 3.70. The molecule has 4 heteroatoms. The number of carbonyl (C=O) groups excluding carboxylic acids is 1. The van der Waals surface area contributed by atoms with Crippen LogP contribution in [0.25, 0.3) is 0 Å². The van der Waals surface area contributed by atoms with Gasteiger partial charge >= 0.3 is 0 Å². The average molecular weight is 353 g/mol. The van der Waals surface area contributed by atoms with Crippen LogP contribution in [0.4, 0.5) is 0 Å². The molecule has 21 heavy (non-hydrogen) atoms. The molecule has 1 saturated heterocycles. The Balaban J connectivity index is 2.03. The smallest absolute Gasteiger partial charge is 0.253 e. The standard InChI is InChI=1S/C17H25BrN2O/c1-12(2)20-7-5-16(6-8-20)19(4)17(21)14-9-13(3)10-15(18)11-14/h9-12,16H,5-8H2,1-4H3. The Bertz CT molecular complexity index is 487. The van der Waals surface area contributed by atoms with E-state index in [0.717, 1.165) is 41.5 Å². The lowest BCUT2D eigenvalue weighted by atomic mass is 10.0. The number of piperidine rings is 1. The Morgan fingerprint density at radius 2 is 1.90 bits per heavy atom. The fraction of sp³-hybridized carbons (Fsp3) is 0.588. The minimum absolute atomic E-state index is 0.127. The van der Waals surface area contributed by atoms with Crippen LogP contribution < -0.4 is 0 Å². The normalized spacial score (nSPS) is 17.2. The number of aryl methyl sites for hydroxylation is 1. The highest BCUT2D eigenvalue weighted by Gasteiger charge is 2.26. The Labute approximate surface area is 136 Å². The second-order valence-corrected chi connectivity index (χ2v) is 7.21. The van der Waals surface area contributed by atoms with Crippen molar-refractivity contribution in [1.82, 2.24) is 9.80 Å². The van der Waals surface area contributed by atoms with Crippen molar-refractivity contribution in [1.29, 1.82) is 0 Å². The highest BCUT2D eigenvalue weighted by atomic mass is 79.9. The van der Waals surface area contributed by atoms with Crippen LogP contribution in [0.1, 0.15) is 42.6 Å². The van der Waals surface area contributed by atoms with Gasteiger partial charge < -0.3 is 9.80 Å². The van der Waals surface area contributed by atoms with E-state index in [2.05, 4.69) is 34.7 Å². The lowest BCUT2D eigenvalue weighted by Gasteiger charge is -2.38. The number of likely N-dealkylation sites (tertiary alicyclic amines) is 1. The molecule has 0 bridgehead atoms. The monoisotopic (exact) mass is 352 g/mol. The van der Waals surface area contributed by atoms with Crippen LogP contribution in [0, 0.1) is 6.92 Å². The van der Waals surface area contributed by atoms with Crippen LogP contribution in [0.5, 0.6) is 0 Å². The molecule has 2 rings (SSSR count). The van der Waals surface area contributed by atoms with Crippen LogP contribution in [0.15, 0.2) is 22.7 Å². The van der Waals surface area contributed by atoms with Gasteiger partial charge in [-0.05, 0) is 57.4 Å². The fourth-order valence-electron chi connectivity index (χ4n) is 3.02. The molecular weight excluding hydrogens is 328 g/mol. The molecule has 1 heterocycles. The molecule has 0 atom stereocenters. The first-order chi connectivity index (χ1) is 9.88. The second-order valence-electron chi connectivity index (χ2n) is 6.29. The Hall–Kier alpha value is -0.870. The molecule has 0 aromatic heterocycles. The van der Waals surface area contributed by atoms with Crippen LogP contribution in [-0.4, -0.2) is 47.9 Å². The summed E-state index contributed by atoms with van der Waals surface area (Å²) in [4.78, 5) is 17.1. The minimum Gasteiger partial charge on any atom is -0.339 e. The number of carbonyl (C=O) groups is 1. The van der Waals surface area contributed by atoms with Crippen molar-refractivity contribution in [2.24, 2.45) is 0 Å². The first-order valence-electron chi connectivity index (χ1n) is 7.67. The summed E-state index contributed by atoms with van der Waals surface area (Å²) in [6, 6.07) is 6.85. The van der Waals surface area contributed by atoms with Gasteiger partial charge in [-0.3, -0.25) is 4.79 Å². The summed E-state index contributed by atoms with van der Waals surface area (Å²) in [7, 11) is 1.94. The minimum atomic E-state index is 0.127. The highest BCUT2D eigenvalue weighted by molar-refractivity contribution is 9.10. The lowest BCUT2D eigenvalue weighted by Crippen LogP contribution is -2.47. The molecule has 3 nitrogen and oxygen atoms in total. The molecule has 1 aliphatic rings. The summed E-state index contributed by atoms with van der Waals surface area (Å²) in [5.41, 5.74) is 1.88. The second kappa shape index (κ2) is 6.93. The van der Waals surface area contributed by atoms with E-state index in [1.165, 1.54) is 0 Å². The molecule has 1 fully saturated rings. The molecule has 0 aliphatic carbocycles. The zero-order valence-electron chi connectivity index (χ0n) is 13.4. The van der Waals surface area contributed by atoms with Gasteiger partial charge in [0.15, 0.2) is 0 Å². The zero-order valence-corrected chi connectivity index (χ0v) is 15.0. The molecule has 1 aromatic rings. The van der Waals surface area contributed by atoms with E-state index in [-0.39, 0.29) is 5.91 Å². The van der Waals surface area contributed by atoms with Gasteiger partial charge in [-0.25, -0.2) is 0 Å². The third-order valence-electron chi connectivity index (χ3n) is 4.39. The number of rotatable bonds is 3. The topological polar surface area (TPSA) is 23.6 Å². The fourth-order valence-corrected chi connectivity index (χ4v) is 3.63. The Kier molecular flexibility index (Phi) is 5.44. The van der Waals surface area contributed by atoms with Gasteiger partial charge in [0.05, 0.1) is 0 Å². The highest BCUT2D eigenvalue weighted by Crippen LogP contribution is 2.21. The van der Waals surface area contributed by atoms with E-state index in [9.17, 15) is 4.79 Å². The quantitative estimate of drug-likeness (QED) is 0.827. The van der Waals surface area contributed by atoms with Crippen molar-refractivity contribution in [3.63, 3.8) is 0 Å². The number of hydrogen-bond acceptors (Lipinski definition) is 2. The van der Waals surface area contributed by atoms with Crippen molar-refractivity contribution in [3.05, 3.63) is 33.8 Å². The molecule has 1 aliphatic heterocycles. The van der Waals surface area contributed by atoms with Crippen LogP contribution in [0.2, 0.25) is 0 Å². The molecule has 0 radical (unpaired) electrons. The lowest BCUT2D eigenvalue weighted by molar-refractivity contribution is 0.0615. The van der Waals surface area contributed by atoms with Gasteiger partial charge in [-0.1, -0.05) is 15.9 Å². The van der Waals surface area contributed by atoms with Gasteiger partial charge in [0.2, 0.25) is 0 Å². The molecule has 0 spiro atoms. The summed E-state index contributed by atoms with van der Waals surface area (Å²) in [5.74, 6) is 0.127. The van der Waals surface area contributed by atoms with E-state index in [1.54, 1.807) is 0 Å². The third kappa shape index (κ3) is 4.07. The van der Waals surface area contributed by atoms with Crippen molar-refractivity contribution in [3.8, 4) is 0 Å². The Morgan fingerprint density at radius 1 is 1.29 bits per heavy atom. The predicted molar refractivity (Wildman–Crippen MR) is 90.7 cm³/mol. The zero-order chi connectivity index (χ0) is 15.6. The van der Waals surface area contributed by atoms with Gasteiger partial charge in [0, 0.05) is 42.3 Å². The molecule has 116 valence electrons. The van der Waals surface area contributed by atoms with Crippen LogP contribution in [-0.2, 0) is 0 Å². The molecule has 0 saturated carbocycles. The number of halogens is 1. The first kappa shape index (κ1) is 16.5. The largest absolute Gasteiger partial charge is 0.339 e. The summed E-state index contributed by atoms with van der Waals surface area (Å²) in [6.07, 6.45) is 2.13. The van der Waals surface area contributed by atoms with E-state index in [4.69, 9.17) is 0 Å². The van der Waals surface area contributed by atoms with Crippen molar-refractivity contribution >= 4 is 21.8 Å². The molecule has 0 N–H and O–H groups in total. The maximum atomic E-state index is 12.7. The summed E-state index contributed by atoms with van der Waals surface area (Å²) in [6.45, 7) is 8.65. The number of nitrogens with zero attached hydrogens (tertiary/aromatic N) is 2. The molecule has 1 amide bonds. The van der Waals surface area contributed by atoms with Crippen molar-refractivity contribution < 1.29 is 4.79 Å². The van der Waals surface area contributed by atoms with Crippen LogP contribution in [0.3, 0.4) is 0 Å². The molecular formula is C17H25BrN2O. The van der Waals surface area contributed by atoms with Crippen molar-refractivity contribution in [2.45, 2.75) is 45.7 Å². The summed E-state index contributed by atoms with van der Waals surface area (Å²) >= 11 is 3.47. The van der Waals surface area contributed by atoms with E-state index in [1.807, 2.05) is 37.1 Å². The van der Waals surface area contributed by atoms with Gasteiger partial charge in [0.25, 0.3) is 5.91 Å². The van der Waals surface area contributed by atoms with Gasteiger partial charge in [0.1, 0.15) is 0 Å². The number of benzene rings is 1. The summed E-state index contributed by atoms with van der Waals surface area (Å²) in [5, 5.41) is 0. The van der Waals surface area contributed by atoms with Crippen molar-refractivity contribution in [2.75, 3.05) is 20.1 Å². The maximum Gasteiger partial charge on any atom is 0.253 e. The first-order valence-corrected chi connectivity index (χ1v) is 8.46. The van der Waals surface area contributed by atoms with E-state index >= 15 is 0 Å². The van der Waals surface area contributed by atoms with Crippen LogP contribution >= 0.6 is 15.9 Å². The molecule has 0 unspecified atom stereocenters. The molecule has 1 aromatic carbocycles. The third-order valence-corrected chi connectivity index (χ3v) is 4.84. The summed E-state index contributed by atoms with van der Waals surface area (Å²) < 4.78 is 0.967. The maximum absolute atomic E-state index is 12.7. The van der Waals surface area contributed by atoms with E-state index in [0.29, 0.717) is 12.1 Å². The number of hydrogen-bond donors (Lipinski definition) is 0. The van der Waals surface area contributed by atoms with Gasteiger partial charge in [-0.15, -0.1) is 0 Å². The average Bonchev–Trinajstić information content (AvgIpc) is 2.44. The Morgan fingerprint density at radius 3 is 2.43 bits per heavy atom. The number of amides is 1. The van der Waals surface area contributed by atoms with Gasteiger partial charge in [-0.2, -0.15) is 0 Å². The van der Waals surface area contributed by atoms with E-state index < -0.39 is 0 Å².